The zero-order valence-electron chi connectivity index (χ0n) is 5.89. The molecule has 1 aromatic rings. The molecule has 0 unspecified atom stereocenters. The zero-order valence-corrected chi connectivity index (χ0v) is 5.89. The van der Waals surface area contributed by atoms with Crippen LogP contribution in [0.1, 0.15) is 0 Å². The van der Waals surface area contributed by atoms with E-state index in [2.05, 4.69) is 15.7 Å². The van der Waals surface area contributed by atoms with Crippen molar-refractivity contribution in [1.29, 1.82) is 0 Å². The average Bonchev–Trinajstić information content (AvgIpc) is 2.71. The van der Waals surface area contributed by atoms with E-state index in [1.165, 1.54) is 6.34 Å². The van der Waals surface area contributed by atoms with Crippen LogP contribution in [0.3, 0.4) is 0 Å². The summed E-state index contributed by atoms with van der Waals surface area (Å²) in [5, 5.41) is 9.69. The second kappa shape index (κ2) is 1.79. The average molecular weight is 164 g/mol. The summed E-state index contributed by atoms with van der Waals surface area (Å²) in [5.41, 5.74) is 3.53. The summed E-state index contributed by atoms with van der Waals surface area (Å²) in [6.45, 7) is 0. The van der Waals surface area contributed by atoms with Gasteiger partial charge in [-0.15, -0.1) is 0 Å². The molecule has 60 valence electrons. The number of nitrogens with one attached hydrogen (secondary N) is 1. The van der Waals surface area contributed by atoms with Gasteiger partial charge in [-0.25, -0.2) is 5.01 Å². The lowest BCUT2D eigenvalue weighted by Gasteiger charge is -2.14. The van der Waals surface area contributed by atoms with Crippen LogP contribution in [0.5, 0.6) is 0 Å². The molecule has 3 rings (SSSR count). The van der Waals surface area contributed by atoms with Crippen molar-refractivity contribution >= 4 is 18.4 Å². The predicted octanol–water partition coefficient (Wildman–Crippen LogP) is -1.73. The molecule has 0 aromatic carbocycles. The van der Waals surface area contributed by atoms with Crippen molar-refractivity contribution in [1.82, 2.24) is 15.6 Å². The van der Waals surface area contributed by atoms with Gasteiger partial charge in [0, 0.05) is 0 Å². The van der Waals surface area contributed by atoms with Gasteiger partial charge >= 0.3 is 0 Å². The summed E-state index contributed by atoms with van der Waals surface area (Å²) >= 11 is 0. The molecule has 3 heterocycles. The molecule has 1 aromatic heterocycles. The summed E-state index contributed by atoms with van der Waals surface area (Å²) < 4.78 is 4.91. The maximum Gasteiger partial charge on any atom is 0.262 e. The molecule has 2 aliphatic rings. The van der Waals surface area contributed by atoms with Gasteiger partial charge in [-0.3, -0.25) is 5.43 Å². The third kappa shape index (κ3) is 0.541. The fraction of sp³-hybridized carbons (Fsp3) is 0. The van der Waals surface area contributed by atoms with E-state index in [-0.39, 0.29) is 0 Å². The van der Waals surface area contributed by atoms with Gasteiger partial charge in [0.05, 0.1) is 12.4 Å². The molecule has 0 fully saturated rings. The number of aromatic nitrogens is 1. The fourth-order valence-electron chi connectivity index (χ4n) is 1.13. The largest absolute Gasteiger partial charge is 0.354 e. The Morgan fingerprint density at radius 2 is 2.50 bits per heavy atom. The normalized spacial score (nSPS) is 17.7. The van der Waals surface area contributed by atoms with Crippen LogP contribution in [0.4, 0.5) is 0 Å². The SMILES string of the molecule is C1=NOC2=c3cnoc3=CNN12. The first-order chi connectivity index (χ1) is 5.95. The zero-order chi connectivity index (χ0) is 7.97. The van der Waals surface area contributed by atoms with Crippen LogP contribution in [0.15, 0.2) is 15.9 Å². The monoisotopic (exact) mass is 164 g/mol. The lowest BCUT2D eigenvalue weighted by molar-refractivity contribution is 0.261. The number of hydrogen-bond acceptors (Lipinski definition) is 6. The highest BCUT2D eigenvalue weighted by Crippen LogP contribution is 2.08. The molecule has 0 bridgehead atoms. The molecule has 0 aliphatic carbocycles. The van der Waals surface area contributed by atoms with E-state index < -0.39 is 0 Å². The highest BCUT2D eigenvalue weighted by Gasteiger charge is 2.20. The smallest absolute Gasteiger partial charge is 0.262 e. The van der Waals surface area contributed by atoms with Gasteiger partial charge in [-0.1, -0.05) is 10.3 Å². The van der Waals surface area contributed by atoms with Crippen LogP contribution >= 0.6 is 0 Å². The van der Waals surface area contributed by atoms with E-state index in [9.17, 15) is 0 Å². The maximum atomic E-state index is 4.97. The van der Waals surface area contributed by atoms with E-state index in [1.54, 1.807) is 17.4 Å². The maximum absolute atomic E-state index is 4.97. The van der Waals surface area contributed by atoms with Crippen LogP contribution in [0.25, 0.3) is 12.1 Å². The first-order valence-electron chi connectivity index (χ1n) is 3.36. The minimum absolute atomic E-state index is 0.591. The highest BCUT2D eigenvalue weighted by molar-refractivity contribution is 5.68. The first-order valence-corrected chi connectivity index (χ1v) is 3.36. The summed E-state index contributed by atoms with van der Waals surface area (Å²) in [4.78, 5) is 4.97. The van der Waals surface area contributed by atoms with Gasteiger partial charge in [-0.2, -0.15) is 0 Å². The van der Waals surface area contributed by atoms with Gasteiger partial charge in [0.1, 0.15) is 5.22 Å². The molecule has 0 spiro atoms. The number of rotatable bonds is 0. The highest BCUT2D eigenvalue weighted by atomic mass is 16.7. The summed E-state index contributed by atoms with van der Waals surface area (Å²) in [5.74, 6) is 0.591. The van der Waals surface area contributed by atoms with Crippen molar-refractivity contribution in [3.63, 3.8) is 0 Å². The van der Waals surface area contributed by atoms with Crippen LogP contribution in [-0.2, 0) is 4.84 Å². The Morgan fingerprint density at radius 3 is 3.50 bits per heavy atom. The van der Waals surface area contributed by atoms with Gasteiger partial charge in [0.2, 0.25) is 0 Å². The topological polar surface area (TPSA) is 62.9 Å². The standard InChI is InChI=1S/C6H4N4O2/c1-4-5(11-8-1)2-7-10-3-9-12-6(4)10/h1-3,7H. The Labute approximate surface area is 66.3 Å². The van der Waals surface area contributed by atoms with Crippen molar-refractivity contribution in [2.45, 2.75) is 0 Å². The first kappa shape index (κ1) is 5.64. The fourth-order valence-corrected chi connectivity index (χ4v) is 1.13. The van der Waals surface area contributed by atoms with Crippen molar-refractivity contribution in [3.8, 4) is 0 Å². The Kier molecular flexibility index (Phi) is 0.840. The molecular formula is C6H4N4O2. The van der Waals surface area contributed by atoms with Crippen molar-refractivity contribution in [2.75, 3.05) is 0 Å². The van der Waals surface area contributed by atoms with E-state index in [1.807, 2.05) is 0 Å². The number of hydrazine groups is 1. The molecule has 0 atom stereocenters. The third-order valence-electron chi connectivity index (χ3n) is 1.68. The predicted molar refractivity (Wildman–Crippen MR) is 38.2 cm³/mol. The van der Waals surface area contributed by atoms with Gasteiger partial charge < -0.3 is 9.36 Å². The van der Waals surface area contributed by atoms with Gasteiger partial charge in [0.25, 0.3) is 5.88 Å². The molecule has 0 radical (unpaired) electrons. The number of nitrogens with zero attached hydrogens (tertiary/aromatic N) is 3. The molecule has 0 amide bonds. The van der Waals surface area contributed by atoms with Crippen LogP contribution in [-0.4, -0.2) is 16.5 Å². The quantitative estimate of drug-likeness (QED) is 0.493. The van der Waals surface area contributed by atoms with E-state index in [0.717, 1.165) is 5.22 Å². The third-order valence-corrected chi connectivity index (χ3v) is 1.68. The van der Waals surface area contributed by atoms with E-state index >= 15 is 0 Å². The lowest BCUT2D eigenvalue weighted by Crippen LogP contribution is -2.42. The van der Waals surface area contributed by atoms with E-state index in [0.29, 0.717) is 11.3 Å². The van der Waals surface area contributed by atoms with E-state index in [4.69, 9.17) is 9.36 Å². The van der Waals surface area contributed by atoms with Crippen LogP contribution in [0.2, 0.25) is 0 Å². The van der Waals surface area contributed by atoms with Crippen molar-refractivity contribution in [3.05, 3.63) is 16.8 Å². The number of oxime groups is 1. The Bertz CT molecular complexity index is 460. The Hall–Kier alpha value is -1.98. The second-order valence-corrected chi connectivity index (χ2v) is 2.36. The second-order valence-electron chi connectivity index (χ2n) is 2.36. The molecule has 12 heavy (non-hydrogen) atoms. The number of fused-ring (bicyclic) bond motifs is 2. The van der Waals surface area contributed by atoms with Crippen LogP contribution < -0.4 is 16.1 Å². The minimum atomic E-state index is 0.591. The minimum Gasteiger partial charge on any atom is -0.354 e. The van der Waals surface area contributed by atoms with Gasteiger partial charge in [0.15, 0.2) is 11.8 Å². The molecular weight excluding hydrogens is 160 g/mol. The van der Waals surface area contributed by atoms with Crippen molar-refractivity contribution < 1.29 is 9.36 Å². The molecule has 6 heteroatoms. The number of hydrogen-bond donors (Lipinski definition) is 1. The lowest BCUT2D eigenvalue weighted by atomic mass is 10.4. The van der Waals surface area contributed by atoms with Gasteiger partial charge in [-0.05, 0) is 0 Å². The summed E-state index contributed by atoms with van der Waals surface area (Å²) in [7, 11) is 0. The molecule has 0 saturated carbocycles. The molecule has 2 aliphatic heterocycles. The van der Waals surface area contributed by atoms with Crippen LogP contribution in [0, 0.1) is 0 Å². The Balaban J connectivity index is 2.41. The summed E-state index contributed by atoms with van der Waals surface area (Å²) in [6.07, 6.45) is 4.80. The molecule has 1 N–H and O–H groups in total. The molecule has 6 nitrogen and oxygen atoms in total. The Morgan fingerprint density at radius 1 is 1.50 bits per heavy atom. The summed E-state index contributed by atoms with van der Waals surface area (Å²) in [6, 6.07) is 0. The van der Waals surface area contributed by atoms with Crippen molar-refractivity contribution in [2.24, 2.45) is 5.16 Å². The molecule has 0 saturated heterocycles.